The van der Waals surface area contributed by atoms with Crippen molar-refractivity contribution >= 4 is 82.7 Å². The number of nitrogens with zero attached hydrogens (tertiary/aromatic N) is 6. The van der Waals surface area contributed by atoms with Gasteiger partial charge < -0.3 is 92.4 Å². The molecule has 1 aliphatic heterocycles. The van der Waals surface area contributed by atoms with Crippen LogP contribution in [0, 0.1) is 35.5 Å². The Morgan fingerprint density at radius 2 is 0.747 bits per heavy atom. The Hall–Kier alpha value is -8.36. The van der Waals surface area contributed by atoms with E-state index in [1.165, 1.54) is 63.1 Å². The number of carbonyl (C=O) groups excluding carboxylic acids is 14. The summed E-state index contributed by atoms with van der Waals surface area (Å²) in [6, 6.07) is -9.58. The molecule has 0 unspecified atom stereocenters. The lowest BCUT2D eigenvalue weighted by molar-refractivity contribution is -0.152. The number of amides is 14. The fourth-order valence-electron chi connectivity index (χ4n) is 11.4. The van der Waals surface area contributed by atoms with E-state index in [-0.39, 0.29) is 6.42 Å². The van der Waals surface area contributed by atoms with Gasteiger partial charge in [-0.2, -0.15) is 0 Å². The van der Waals surface area contributed by atoms with E-state index in [0.29, 0.717) is 12.0 Å². The molecule has 1 saturated heterocycles. The van der Waals surface area contributed by atoms with Crippen LogP contribution < -0.4 is 42.5 Å². The van der Waals surface area contributed by atoms with Gasteiger partial charge in [-0.3, -0.25) is 67.1 Å². The molecule has 1 fully saturated rings. The van der Waals surface area contributed by atoms with Crippen molar-refractivity contribution in [1.29, 1.82) is 0 Å². The van der Waals surface area contributed by atoms with Gasteiger partial charge in [0, 0.05) is 48.7 Å². The van der Waals surface area contributed by atoms with E-state index in [1.54, 1.807) is 113 Å². The van der Waals surface area contributed by atoms with Crippen molar-refractivity contribution in [2.24, 2.45) is 35.5 Å². The Balaban J connectivity index is 2.85. The molecule has 1 aliphatic rings. The van der Waals surface area contributed by atoms with E-state index in [2.05, 4.69) is 42.5 Å². The number of likely N-dealkylation sites (N-methyl/N-ethyl adjacent to an activating group) is 6. The molecule has 1 aromatic rings. The summed E-state index contributed by atoms with van der Waals surface area (Å²) in [5.74, 6) is -17.0. The Morgan fingerprint density at radius 3 is 1.14 bits per heavy atom. The maximum atomic E-state index is 14.7. The van der Waals surface area contributed by atoms with E-state index in [4.69, 9.17) is 0 Å². The Labute approximate surface area is 581 Å². The SMILES string of the molecule is CC[C@@H](C)[C@@H]1NC(=O)CNC(=O)[C@@H](C)N(C)C(=O)[C@H](C(C)C)NC(=O)[C@H]([C@@H](C)O)N(C)C(=O)[C@H](C(C)C)NC(=O)[C@H]([C@@H](C)O)N(C)C(=O)[C@H](C(C)C)NC(=O)CNC(=O)[C@@H](Cc2ccccc2)N(C)C(=O)[C@H](C(C)C)NC(=O)[C@H](CO)NC(=O)[C@H](C(C)C)N(C)C(=O)[C@H](CO)N(C)C1=O. The number of hydrogen-bond donors (Lipinski definition) is 12. The molecule has 99 heavy (non-hydrogen) atoms. The standard InChI is InChI=1S/C67H112N14O18/c1-22-38(12)52-67(99)78(18)45(32-83)62(94)79(19)53(37(10)11)59(91)70-43(31-82)57(89)73-50(35(6)7)64(96)77(17)44(28-42-26-24-23-25-27-42)58(90)69-30-46(86)71-48(33(2)3)65(97)80(20)54(40(14)84)61(93)75-51(36(8)9)66(98)81(21)55(41(15)85)60(92)74-49(34(4)5)63(95)76(16)39(13)56(88)68-29-47(87)72-52/h23-27,33-41,43-45,48-55,82-85H,22,28-32H2,1-21H3,(H,68,88)(H,69,90)(H,70,91)(H,71,86)(H,72,87)(H,73,89)(H,74,92)(H,75,93)/t38-,39-,40-,41-,43+,44-,45+,48+,49+,50+,51+,52+,53+,54+,55+/m1/s1. The van der Waals surface area contributed by atoms with Gasteiger partial charge >= 0.3 is 0 Å². The predicted molar refractivity (Wildman–Crippen MR) is 364 cm³/mol. The molecule has 0 bridgehead atoms. The molecule has 1 aromatic carbocycles. The van der Waals surface area contributed by atoms with Gasteiger partial charge in [-0.1, -0.05) is 120 Å². The third kappa shape index (κ3) is 23.4. The summed E-state index contributed by atoms with van der Waals surface area (Å²) in [5, 5.41) is 63.9. The quantitative estimate of drug-likeness (QED) is 0.0909. The van der Waals surface area contributed by atoms with Crippen LogP contribution in [-0.4, -0.2) is 286 Å². The van der Waals surface area contributed by atoms with Crippen LogP contribution in [0.15, 0.2) is 30.3 Å². The molecule has 12 N–H and O–H groups in total. The van der Waals surface area contributed by atoms with Crippen LogP contribution in [0.3, 0.4) is 0 Å². The molecule has 0 radical (unpaired) electrons. The smallest absolute Gasteiger partial charge is 0.248 e. The number of hydrogen-bond acceptors (Lipinski definition) is 18. The van der Waals surface area contributed by atoms with Gasteiger partial charge in [0.25, 0.3) is 0 Å². The Morgan fingerprint density at radius 1 is 0.394 bits per heavy atom. The van der Waals surface area contributed by atoms with E-state index in [1.807, 2.05) is 0 Å². The van der Waals surface area contributed by atoms with Crippen molar-refractivity contribution < 1.29 is 87.5 Å². The summed E-state index contributed by atoms with van der Waals surface area (Å²) in [4.78, 5) is 205. The van der Waals surface area contributed by atoms with Crippen molar-refractivity contribution in [3.05, 3.63) is 35.9 Å². The average molecular weight is 1400 g/mol. The molecule has 0 saturated carbocycles. The zero-order chi connectivity index (χ0) is 76.1. The van der Waals surface area contributed by atoms with Crippen LogP contribution in [-0.2, 0) is 73.5 Å². The second-order valence-corrected chi connectivity index (χ2v) is 27.4. The summed E-state index contributed by atoms with van der Waals surface area (Å²) in [5.41, 5.74) is 0.573. The maximum absolute atomic E-state index is 14.7. The molecular formula is C67H112N14O18. The molecule has 14 amide bonds. The average Bonchev–Trinajstić information content (AvgIpc) is 0.829. The normalized spacial score (nSPS) is 27.3. The Bertz CT molecular complexity index is 2990. The third-order valence-electron chi connectivity index (χ3n) is 18.0. The minimum absolute atomic E-state index is 0.126. The minimum Gasteiger partial charge on any atom is -0.394 e. The number of aliphatic hydroxyl groups excluding tert-OH is 4. The second kappa shape index (κ2) is 39.4. The molecule has 0 spiro atoms. The topological polar surface area (TPSA) is 436 Å². The van der Waals surface area contributed by atoms with Crippen LogP contribution >= 0.6 is 0 Å². The third-order valence-corrected chi connectivity index (χ3v) is 18.0. The van der Waals surface area contributed by atoms with E-state index in [9.17, 15) is 87.5 Å². The zero-order valence-electron chi connectivity index (χ0n) is 61.4. The van der Waals surface area contributed by atoms with Gasteiger partial charge in [0.05, 0.1) is 38.5 Å². The predicted octanol–water partition coefficient (Wildman–Crippen LogP) is -3.56. The highest BCUT2D eigenvalue weighted by atomic mass is 16.3. The number of carbonyl (C=O) groups is 14. The lowest BCUT2D eigenvalue weighted by Gasteiger charge is -2.37. The molecule has 32 nitrogen and oxygen atoms in total. The number of aliphatic hydroxyl groups is 4. The number of nitrogens with one attached hydrogen (secondary N) is 8. The lowest BCUT2D eigenvalue weighted by atomic mass is 9.96. The van der Waals surface area contributed by atoms with Gasteiger partial charge in [-0.15, -0.1) is 0 Å². The first-order chi connectivity index (χ1) is 46.0. The zero-order valence-corrected chi connectivity index (χ0v) is 61.4. The van der Waals surface area contributed by atoms with Gasteiger partial charge in [0.15, 0.2) is 0 Å². The highest BCUT2D eigenvalue weighted by Crippen LogP contribution is 2.21. The van der Waals surface area contributed by atoms with Gasteiger partial charge in [0.2, 0.25) is 82.7 Å². The molecule has 558 valence electrons. The largest absolute Gasteiger partial charge is 0.394 e. The second-order valence-electron chi connectivity index (χ2n) is 27.4. The van der Waals surface area contributed by atoms with Gasteiger partial charge in [-0.25, -0.2) is 0 Å². The van der Waals surface area contributed by atoms with Crippen LogP contribution in [0.4, 0.5) is 0 Å². The number of rotatable bonds is 13. The first-order valence-corrected chi connectivity index (χ1v) is 33.5. The van der Waals surface area contributed by atoms with Gasteiger partial charge in [-0.05, 0) is 61.8 Å². The molecule has 2 rings (SSSR count). The van der Waals surface area contributed by atoms with E-state index in [0.717, 1.165) is 29.4 Å². The van der Waals surface area contributed by atoms with E-state index < -0.39 is 229 Å². The summed E-state index contributed by atoms with van der Waals surface area (Å²) in [6.45, 7) is 19.4. The van der Waals surface area contributed by atoms with Crippen molar-refractivity contribution in [3.63, 3.8) is 0 Å². The summed E-state index contributed by atoms with van der Waals surface area (Å²) >= 11 is 0. The summed E-state index contributed by atoms with van der Waals surface area (Å²) in [6.07, 6.45) is -3.06. The van der Waals surface area contributed by atoms with Crippen molar-refractivity contribution in [2.75, 3.05) is 68.6 Å². The fourth-order valence-corrected chi connectivity index (χ4v) is 11.4. The van der Waals surface area contributed by atoms with Crippen LogP contribution in [0.25, 0.3) is 0 Å². The first kappa shape index (κ1) is 86.7. The minimum atomic E-state index is -1.75. The molecule has 15 atom stereocenters. The fraction of sp³-hybridized carbons (Fsp3) is 0.701. The first-order valence-electron chi connectivity index (χ1n) is 33.5. The van der Waals surface area contributed by atoms with Crippen molar-refractivity contribution in [2.45, 2.75) is 201 Å². The van der Waals surface area contributed by atoms with Crippen LogP contribution in [0.1, 0.15) is 116 Å². The summed E-state index contributed by atoms with van der Waals surface area (Å²) < 4.78 is 0. The maximum Gasteiger partial charge on any atom is 0.248 e. The molecular weight excluding hydrogens is 1290 g/mol. The molecule has 32 heteroatoms. The molecule has 0 aliphatic carbocycles. The van der Waals surface area contributed by atoms with Crippen LogP contribution in [0.5, 0.6) is 0 Å². The van der Waals surface area contributed by atoms with Gasteiger partial charge in [0.1, 0.15) is 72.5 Å². The lowest BCUT2D eigenvalue weighted by Crippen LogP contribution is -2.64. The van der Waals surface area contributed by atoms with Crippen molar-refractivity contribution in [1.82, 2.24) is 71.9 Å². The molecule has 0 aromatic heterocycles. The highest BCUT2D eigenvalue weighted by molar-refractivity contribution is 6.00. The van der Waals surface area contributed by atoms with E-state index >= 15 is 0 Å². The highest BCUT2D eigenvalue weighted by Gasteiger charge is 2.45. The van der Waals surface area contributed by atoms with Crippen molar-refractivity contribution in [3.8, 4) is 0 Å². The monoisotopic (exact) mass is 1400 g/mol. The van der Waals surface area contributed by atoms with Crippen LogP contribution in [0.2, 0.25) is 0 Å². The molecule has 1 heterocycles. The Kier molecular flexibility index (Phi) is 34.5. The summed E-state index contributed by atoms with van der Waals surface area (Å²) in [7, 11) is 7.35. The number of benzene rings is 1.